The van der Waals surface area contributed by atoms with Crippen LogP contribution in [0.25, 0.3) is 0 Å². The molecule has 0 aliphatic rings. The molecule has 18 heavy (non-hydrogen) atoms. The third-order valence-electron chi connectivity index (χ3n) is 3.23. The van der Waals surface area contributed by atoms with E-state index in [1.54, 1.807) is 0 Å². The van der Waals surface area contributed by atoms with Crippen LogP contribution in [-0.4, -0.2) is 12.6 Å². The molecule has 0 fully saturated rings. The lowest BCUT2D eigenvalue weighted by Crippen LogP contribution is -2.10. The predicted molar refractivity (Wildman–Crippen MR) is 74.7 cm³/mol. The number of hydrogen-bond donors (Lipinski definition) is 0. The quantitative estimate of drug-likeness (QED) is 0.679. The minimum absolute atomic E-state index is 0.0803. The zero-order valence-electron chi connectivity index (χ0n) is 11.7. The van der Waals surface area contributed by atoms with Gasteiger partial charge in [-0.15, -0.1) is 0 Å². The van der Waals surface area contributed by atoms with Gasteiger partial charge >= 0.3 is 5.97 Å². The molecule has 1 aromatic carbocycles. The van der Waals surface area contributed by atoms with Crippen molar-refractivity contribution in [1.29, 1.82) is 0 Å². The van der Waals surface area contributed by atoms with E-state index < -0.39 is 0 Å². The van der Waals surface area contributed by atoms with Gasteiger partial charge in [0.1, 0.15) is 0 Å². The molecule has 2 nitrogen and oxygen atoms in total. The lowest BCUT2D eigenvalue weighted by molar-refractivity contribution is -0.144. The number of ether oxygens (including phenoxy) is 1. The third-order valence-corrected chi connectivity index (χ3v) is 3.23. The van der Waals surface area contributed by atoms with Crippen LogP contribution in [0.15, 0.2) is 24.3 Å². The molecule has 1 atom stereocenters. The van der Waals surface area contributed by atoms with Crippen LogP contribution in [0, 0.1) is 0 Å². The maximum atomic E-state index is 11.6. The van der Waals surface area contributed by atoms with Crippen LogP contribution in [0.1, 0.15) is 57.1 Å². The Morgan fingerprint density at radius 3 is 2.33 bits per heavy atom. The first-order chi connectivity index (χ1) is 8.71. The molecule has 0 spiro atoms. The van der Waals surface area contributed by atoms with E-state index in [9.17, 15) is 4.79 Å². The van der Waals surface area contributed by atoms with Gasteiger partial charge in [-0.3, -0.25) is 4.79 Å². The van der Waals surface area contributed by atoms with Gasteiger partial charge in [0.05, 0.1) is 13.0 Å². The molecule has 0 heterocycles. The summed E-state index contributed by atoms with van der Waals surface area (Å²) >= 11 is 0. The summed E-state index contributed by atoms with van der Waals surface area (Å²) in [6.45, 7) is 6.80. The van der Waals surface area contributed by atoms with E-state index in [2.05, 4.69) is 38.1 Å². The van der Waals surface area contributed by atoms with Gasteiger partial charge in [-0.1, -0.05) is 45.0 Å². The smallest absolute Gasteiger partial charge is 0.306 e. The normalized spacial score (nSPS) is 12.2. The molecular formula is C16H24O2. The van der Waals surface area contributed by atoms with Crippen molar-refractivity contribution >= 4 is 5.97 Å². The Bertz CT molecular complexity index is 354. The summed E-state index contributed by atoms with van der Waals surface area (Å²) in [4.78, 5) is 11.6. The van der Waals surface area contributed by atoms with Gasteiger partial charge in [0.25, 0.3) is 0 Å². The van der Waals surface area contributed by atoms with E-state index in [-0.39, 0.29) is 11.9 Å². The summed E-state index contributed by atoms with van der Waals surface area (Å²) in [5.74, 6) is 0.198. The molecule has 0 saturated carbocycles. The highest BCUT2D eigenvalue weighted by molar-refractivity contribution is 5.70. The summed E-state index contributed by atoms with van der Waals surface area (Å²) in [6.07, 6.45) is 3.39. The lowest BCUT2D eigenvalue weighted by atomic mass is 9.92. The van der Waals surface area contributed by atoms with E-state index in [4.69, 9.17) is 4.74 Å². The van der Waals surface area contributed by atoms with Gasteiger partial charge in [-0.05, 0) is 36.3 Å². The summed E-state index contributed by atoms with van der Waals surface area (Å²) in [6, 6.07) is 8.57. The Labute approximate surface area is 110 Å². The van der Waals surface area contributed by atoms with E-state index in [1.165, 1.54) is 11.1 Å². The first kappa shape index (κ1) is 14.7. The molecule has 100 valence electrons. The Hall–Kier alpha value is -1.31. The number of rotatable bonds is 7. The fraction of sp³-hybridized carbons (Fsp3) is 0.562. The highest BCUT2D eigenvalue weighted by Crippen LogP contribution is 2.24. The Morgan fingerprint density at radius 1 is 1.17 bits per heavy atom. The molecule has 0 bridgehead atoms. The minimum Gasteiger partial charge on any atom is -0.466 e. The largest absolute Gasteiger partial charge is 0.466 e. The van der Waals surface area contributed by atoms with Crippen molar-refractivity contribution in [3.8, 4) is 0 Å². The molecule has 1 unspecified atom stereocenters. The maximum Gasteiger partial charge on any atom is 0.306 e. The van der Waals surface area contributed by atoms with Gasteiger partial charge in [-0.25, -0.2) is 0 Å². The van der Waals surface area contributed by atoms with E-state index in [0.29, 0.717) is 13.0 Å². The van der Waals surface area contributed by atoms with Crippen molar-refractivity contribution in [3.63, 3.8) is 0 Å². The number of carbonyl (C=O) groups excluding carboxylic acids is 1. The van der Waals surface area contributed by atoms with Crippen molar-refractivity contribution in [3.05, 3.63) is 35.4 Å². The van der Waals surface area contributed by atoms with Crippen LogP contribution in [-0.2, 0) is 16.0 Å². The average Bonchev–Trinajstić information content (AvgIpc) is 2.42. The van der Waals surface area contributed by atoms with Gasteiger partial charge in [0.2, 0.25) is 0 Å². The van der Waals surface area contributed by atoms with Crippen molar-refractivity contribution < 1.29 is 9.53 Å². The fourth-order valence-electron chi connectivity index (χ4n) is 2.00. The number of esters is 1. The van der Waals surface area contributed by atoms with Gasteiger partial charge < -0.3 is 4.74 Å². The Balaban J connectivity index is 2.61. The van der Waals surface area contributed by atoms with Gasteiger partial charge in [0.15, 0.2) is 0 Å². The van der Waals surface area contributed by atoms with Gasteiger partial charge in [0, 0.05) is 0 Å². The zero-order chi connectivity index (χ0) is 13.4. The molecule has 0 N–H and O–H groups in total. The molecule has 0 amide bonds. The maximum absolute atomic E-state index is 11.6. The summed E-state index contributed by atoms with van der Waals surface area (Å²) in [5, 5.41) is 0. The van der Waals surface area contributed by atoms with Crippen molar-refractivity contribution in [2.75, 3.05) is 6.61 Å². The SMILES string of the molecule is CCCOC(=O)CC(CC)c1ccc(CC)cc1. The van der Waals surface area contributed by atoms with Crippen molar-refractivity contribution in [2.45, 2.75) is 52.4 Å². The van der Waals surface area contributed by atoms with Gasteiger partial charge in [-0.2, -0.15) is 0 Å². The standard InChI is InChI=1S/C16H24O2/c1-4-11-18-16(17)12-14(6-3)15-9-7-13(5-2)8-10-15/h7-10,14H,4-6,11-12H2,1-3H3. The molecule has 0 radical (unpaired) electrons. The molecule has 1 rings (SSSR count). The van der Waals surface area contributed by atoms with Crippen LogP contribution in [0.4, 0.5) is 0 Å². The monoisotopic (exact) mass is 248 g/mol. The Morgan fingerprint density at radius 2 is 1.83 bits per heavy atom. The molecular weight excluding hydrogens is 224 g/mol. The highest BCUT2D eigenvalue weighted by Gasteiger charge is 2.15. The topological polar surface area (TPSA) is 26.3 Å². The second kappa shape index (κ2) is 7.91. The van der Waals surface area contributed by atoms with E-state index >= 15 is 0 Å². The number of carbonyl (C=O) groups is 1. The second-order valence-electron chi connectivity index (χ2n) is 4.62. The molecule has 0 aliphatic heterocycles. The summed E-state index contributed by atoms with van der Waals surface area (Å²) in [5.41, 5.74) is 2.57. The van der Waals surface area contributed by atoms with Crippen LogP contribution >= 0.6 is 0 Å². The van der Waals surface area contributed by atoms with Crippen molar-refractivity contribution in [2.24, 2.45) is 0 Å². The minimum atomic E-state index is -0.0803. The summed E-state index contributed by atoms with van der Waals surface area (Å²) < 4.78 is 5.15. The van der Waals surface area contributed by atoms with E-state index in [0.717, 1.165) is 19.3 Å². The summed E-state index contributed by atoms with van der Waals surface area (Å²) in [7, 11) is 0. The number of benzene rings is 1. The molecule has 0 aliphatic carbocycles. The molecule has 0 aromatic heterocycles. The number of aryl methyl sites for hydroxylation is 1. The predicted octanol–water partition coefficient (Wildman–Crippen LogP) is 4.09. The second-order valence-corrected chi connectivity index (χ2v) is 4.62. The van der Waals surface area contributed by atoms with E-state index in [1.807, 2.05) is 6.92 Å². The lowest BCUT2D eigenvalue weighted by Gasteiger charge is -2.15. The number of hydrogen-bond acceptors (Lipinski definition) is 2. The molecule has 0 saturated heterocycles. The zero-order valence-corrected chi connectivity index (χ0v) is 11.7. The average molecular weight is 248 g/mol. The molecule has 2 heteroatoms. The first-order valence-corrected chi connectivity index (χ1v) is 6.95. The Kier molecular flexibility index (Phi) is 6.48. The highest BCUT2D eigenvalue weighted by atomic mass is 16.5. The fourth-order valence-corrected chi connectivity index (χ4v) is 2.00. The van der Waals surface area contributed by atoms with Crippen LogP contribution in [0.2, 0.25) is 0 Å². The van der Waals surface area contributed by atoms with Crippen LogP contribution in [0.5, 0.6) is 0 Å². The molecule has 1 aromatic rings. The third kappa shape index (κ3) is 4.52. The first-order valence-electron chi connectivity index (χ1n) is 6.95. The van der Waals surface area contributed by atoms with Crippen molar-refractivity contribution in [1.82, 2.24) is 0 Å². The van der Waals surface area contributed by atoms with Crippen LogP contribution in [0.3, 0.4) is 0 Å². The van der Waals surface area contributed by atoms with Crippen LogP contribution < -0.4 is 0 Å².